The van der Waals surface area contributed by atoms with Gasteiger partial charge in [-0.15, -0.1) is 0 Å². The molecular weight excluding hydrogens is 542 g/mol. The van der Waals surface area contributed by atoms with Crippen LogP contribution in [0.4, 0.5) is 0 Å². The van der Waals surface area contributed by atoms with Crippen molar-refractivity contribution < 1.29 is 28.6 Å². The average Bonchev–Trinajstić information content (AvgIpc) is 2.87. The highest BCUT2D eigenvalue weighted by atomic mass is 31.2. The summed E-state index contributed by atoms with van der Waals surface area (Å²) in [5.41, 5.74) is 0.160. The third kappa shape index (κ3) is 8.41. The second-order valence-corrected chi connectivity index (χ2v) is 17.3. The molecule has 8 atom stereocenters. The van der Waals surface area contributed by atoms with E-state index in [0.29, 0.717) is 11.8 Å². The Bertz CT molecular complexity index is 719. The van der Waals surface area contributed by atoms with Crippen molar-refractivity contribution in [1.29, 1.82) is 0 Å². The first-order valence-electron chi connectivity index (χ1n) is 16.0. The lowest BCUT2D eigenvalue weighted by Crippen LogP contribution is -2.56. The Kier molecular flexibility index (Phi) is 13.0. The zero-order chi connectivity index (χ0) is 30.8. The van der Waals surface area contributed by atoms with Gasteiger partial charge in [0.25, 0.3) is 0 Å². The maximum atomic E-state index is 10.3. The van der Waals surface area contributed by atoms with E-state index in [1.807, 2.05) is 0 Å². The minimum absolute atomic E-state index is 0.0234. The number of rotatable bonds is 13. The molecule has 0 aliphatic heterocycles. The molecule has 0 spiro atoms. The quantitative estimate of drug-likeness (QED) is 0.156. The third-order valence-corrected chi connectivity index (χ3v) is 13.5. The molecule has 0 heterocycles. The Morgan fingerprint density at radius 1 is 0.500 bits per heavy atom. The van der Waals surface area contributed by atoms with Crippen LogP contribution in [0.3, 0.4) is 0 Å². The van der Waals surface area contributed by atoms with Gasteiger partial charge in [0.05, 0.1) is 12.2 Å². The lowest BCUT2D eigenvalue weighted by molar-refractivity contribution is -0.139. The molecule has 0 bridgehead atoms. The van der Waals surface area contributed by atoms with E-state index in [-0.39, 0.29) is 57.5 Å². The van der Waals surface area contributed by atoms with Crippen LogP contribution < -0.4 is 0 Å². The van der Waals surface area contributed by atoms with Gasteiger partial charge in [-0.25, -0.2) is 0 Å². The molecular formula is C32H64O6P2. The van der Waals surface area contributed by atoms with Gasteiger partial charge < -0.3 is 28.6 Å². The molecule has 40 heavy (non-hydrogen) atoms. The molecule has 0 aromatic heterocycles. The summed E-state index contributed by atoms with van der Waals surface area (Å²) in [6.45, 7) is 27.7. The fraction of sp³-hybridized carbons (Fsp3) is 1.00. The van der Waals surface area contributed by atoms with Crippen LogP contribution in [0.15, 0.2) is 0 Å². The minimum Gasteiger partial charge on any atom is -0.328 e. The van der Waals surface area contributed by atoms with Crippen molar-refractivity contribution in [3.63, 3.8) is 0 Å². The Morgan fingerprint density at radius 2 is 0.775 bits per heavy atom. The Balaban J connectivity index is 2.79. The van der Waals surface area contributed by atoms with Crippen LogP contribution in [0.25, 0.3) is 0 Å². The van der Waals surface area contributed by atoms with Crippen molar-refractivity contribution in [2.24, 2.45) is 57.2 Å². The Morgan fingerprint density at radius 3 is 1.00 bits per heavy atom. The third-order valence-electron chi connectivity index (χ3n) is 12.7. The van der Waals surface area contributed by atoms with Crippen molar-refractivity contribution in [1.82, 2.24) is 0 Å². The monoisotopic (exact) mass is 606 g/mol. The number of hydrogen-bond donors (Lipinski definition) is 4. The molecule has 8 unspecified atom stereocenters. The second-order valence-electron chi connectivity index (χ2n) is 15.9. The molecule has 2 fully saturated rings. The smallest absolute Gasteiger partial charge is 0.327 e. The summed E-state index contributed by atoms with van der Waals surface area (Å²) in [4.78, 5) is 41.2. The molecule has 238 valence electrons. The zero-order valence-corrected chi connectivity index (χ0v) is 29.6. The summed E-state index contributed by atoms with van der Waals surface area (Å²) in [5.74, 6) is 1.25. The van der Waals surface area contributed by atoms with Gasteiger partial charge in [-0.05, 0) is 82.9 Å². The van der Waals surface area contributed by atoms with Gasteiger partial charge in [0.2, 0.25) is 0 Å². The molecule has 6 nitrogen and oxygen atoms in total. The molecule has 0 amide bonds. The summed E-state index contributed by atoms with van der Waals surface area (Å²) < 4.78 is 12.4. The van der Waals surface area contributed by atoms with Gasteiger partial charge in [0.1, 0.15) is 0 Å². The average molecular weight is 607 g/mol. The predicted octanol–water partition coefficient (Wildman–Crippen LogP) is 9.21. The molecule has 2 saturated carbocycles. The van der Waals surface area contributed by atoms with Crippen LogP contribution in [0.2, 0.25) is 0 Å². The van der Waals surface area contributed by atoms with Crippen molar-refractivity contribution >= 4 is 17.2 Å². The minimum atomic E-state index is -2.54. The Hall–Kier alpha value is 0.620. The van der Waals surface area contributed by atoms with Crippen LogP contribution >= 0.6 is 17.2 Å². The molecule has 2 rings (SSSR count). The molecule has 2 aliphatic carbocycles. The van der Waals surface area contributed by atoms with E-state index >= 15 is 0 Å². The van der Waals surface area contributed by atoms with Crippen molar-refractivity contribution in [3.8, 4) is 0 Å². The van der Waals surface area contributed by atoms with E-state index < -0.39 is 17.2 Å². The van der Waals surface area contributed by atoms with Crippen molar-refractivity contribution in [2.45, 2.75) is 147 Å². The highest BCUT2D eigenvalue weighted by Crippen LogP contribution is 2.61. The van der Waals surface area contributed by atoms with E-state index in [1.165, 1.54) is 0 Å². The van der Waals surface area contributed by atoms with Gasteiger partial charge >= 0.3 is 17.2 Å². The Labute approximate surface area is 249 Å². The molecule has 0 radical (unpaired) electrons. The van der Waals surface area contributed by atoms with Gasteiger partial charge in [-0.2, -0.15) is 0 Å². The first kappa shape index (κ1) is 36.8. The topological polar surface area (TPSA) is 99.4 Å². The fourth-order valence-electron chi connectivity index (χ4n) is 7.86. The van der Waals surface area contributed by atoms with Crippen molar-refractivity contribution in [2.75, 3.05) is 0 Å². The summed E-state index contributed by atoms with van der Waals surface area (Å²) in [7, 11) is -5.07. The van der Waals surface area contributed by atoms with Crippen molar-refractivity contribution in [3.05, 3.63) is 0 Å². The number of hydrogen-bond acceptors (Lipinski definition) is 6. The van der Waals surface area contributed by atoms with E-state index in [9.17, 15) is 19.6 Å². The van der Waals surface area contributed by atoms with Crippen LogP contribution in [-0.4, -0.2) is 31.8 Å². The molecule has 0 aromatic carbocycles. The largest absolute Gasteiger partial charge is 0.328 e. The SMILES string of the molecule is CCC(C)(C)C1CC(C2CC(C(C)(C)CC)CC(C(C)(C)CC)C2OP(O)O)C(OP(O)O)C(C(C)(C)CC)C1. The van der Waals surface area contributed by atoms with Crippen LogP contribution in [-0.2, 0) is 9.05 Å². The lowest BCUT2D eigenvalue weighted by Gasteiger charge is -2.58. The summed E-state index contributed by atoms with van der Waals surface area (Å²) in [6, 6.07) is 0. The molecule has 8 heteroatoms. The summed E-state index contributed by atoms with van der Waals surface area (Å²) in [6.07, 6.45) is 7.25. The van der Waals surface area contributed by atoms with Gasteiger partial charge in [0, 0.05) is 0 Å². The maximum Gasteiger partial charge on any atom is 0.327 e. The highest BCUT2D eigenvalue weighted by molar-refractivity contribution is 7.39. The molecule has 0 aromatic rings. The first-order chi connectivity index (χ1) is 18.3. The molecule has 0 saturated heterocycles. The maximum absolute atomic E-state index is 10.3. The van der Waals surface area contributed by atoms with Gasteiger partial charge in [-0.3, -0.25) is 0 Å². The first-order valence-corrected chi connectivity index (χ1v) is 18.3. The standard InChI is InChI=1S/C32H64O6P2/c1-13-29(5,6)21-17-23(27(37-39(33)34)25(19-21)31(9,10)15-3)24-18-22(30(7,8)14-2)20-26(32(11,12)16-4)28(24)38-40(35)36/h21-28,33-36H,13-20H2,1-12H3. The van der Waals surface area contributed by atoms with Gasteiger partial charge in [-0.1, -0.05) is 109 Å². The molecule has 4 N–H and O–H groups in total. The summed E-state index contributed by atoms with van der Waals surface area (Å²) in [5, 5.41) is 0. The van der Waals surface area contributed by atoms with E-state index in [1.54, 1.807) is 0 Å². The lowest BCUT2D eigenvalue weighted by atomic mass is 9.50. The van der Waals surface area contributed by atoms with E-state index in [0.717, 1.165) is 51.4 Å². The molecule has 2 aliphatic rings. The van der Waals surface area contributed by atoms with Crippen LogP contribution in [0.1, 0.15) is 134 Å². The normalized spacial score (nSPS) is 33.1. The summed E-state index contributed by atoms with van der Waals surface area (Å²) >= 11 is 0. The predicted molar refractivity (Wildman–Crippen MR) is 168 cm³/mol. The second kappa shape index (κ2) is 14.2. The van der Waals surface area contributed by atoms with Gasteiger partial charge in [0.15, 0.2) is 0 Å². The highest BCUT2D eigenvalue weighted by Gasteiger charge is 2.56. The van der Waals surface area contributed by atoms with Crippen LogP contribution in [0, 0.1) is 57.2 Å². The van der Waals surface area contributed by atoms with E-state index in [4.69, 9.17) is 9.05 Å². The van der Waals surface area contributed by atoms with Crippen LogP contribution in [0.5, 0.6) is 0 Å². The van der Waals surface area contributed by atoms with E-state index in [2.05, 4.69) is 83.1 Å². The fourth-order valence-corrected chi connectivity index (χ4v) is 8.90. The zero-order valence-electron chi connectivity index (χ0n) is 27.8.